The average Bonchev–Trinajstić information content (AvgIpc) is 2.85. The summed E-state index contributed by atoms with van der Waals surface area (Å²) in [6.07, 6.45) is -0.693. The van der Waals surface area contributed by atoms with E-state index in [1.807, 2.05) is 5.38 Å². The van der Waals surface area contributed by atoms with Crippen LogP contribution in [0.5, 0.6) is 5.75 Å². The van der Waals surface area contributed by atoms with Crippen molar-refractivity contribution in [2.24, 2.45) is 0 Å². The zero-order valence-electron chi connectivity index (χ0n) is 12.7. The summed E-state index contributed by atoms with van der Waals surface area (Å²) in [5.74, 6) is -0.298. The van der Waals surface area contributed by atoms with Crippen molar-refractivity contribution in [2.75, 3.05) is 0 Å². The molecule has 2 rings (SSSR count). The first-order chi connectivity index (χ1) is 9.77. The Morgan fingerprint density at radius 1 is 1.38 bits per heavy atom. The van der Waals surface area contributed by atoms with Gasteiger partial charge < -0.3 is 9.84 Å². The van der Waals surface area contributed by atoms with E-state index in [1.54, 1.807) is 13.0 Å². The van der Waals surface area contributed by atoms with Crippen molar-refractivity contribution < 1.29 is 14.2 Å². The van der Waals surface area contributed by atoms with Crippen molar-refractivity contribution in [1.29, 1.82) is 0 Å². The number of hydrogen-bond donors (Lipinski definition) is 1. The normalized spacial score (nSPS) is 13.2. The van der Waals surface area contributed by atoms with Crippen LogP contribution in [0.1, 0.15) is 50.1 Å². The second kappa shape index (κ2) is 6.12. The number of thiazole rings is 1. The van der Waals surface area contributed by atoms with Crippen molar-refractivity contribution in [2.45, 2.75) is 45.8 Å². The van der Waals surface area contributed by atoms with Crippen molar-refractivity contribution in [3.05, 3.63) is 45.7 Å². The number of nitrogens with zero attached hydrogens (tertiary/aromatic N) is 1. The minimum Gasteiger partial charge on any atom is -0.483 e. The van der Waals surface area contributed by atoms with Gasteiger partial charge in [0.2, 0.25) is 0 Å². The molecule has 21 heavy (non-hydrogen) atoms. The van der Waals surface area contributed by atoms with E-state index in [1.165, 1.54) is 23.5 Å². The standard InChI is InChI=1S/C16H20FNO2S/c1-10(19)11-5-6-13(12(17)7-11)20-8-15-18-14(9-21-15)16(2,3)4/h5-7,9-10,19H,8H2,1-4H3/t10-/m0/s1. The predicted octanol–water partition coefficient (Wildman–Crippen LogP) is 4.21. The van der Waals surface area contributed by atoms with Crippen LogP contribution in [0, 0.1) is 5.82 Å². The molecule has 1 aromatic heterocycles. The van der Waals surface area contributed by atoms with E-state index in [2.05, 4.69) is 25.8 Å². The number of aliphatic hydroxyl groups is 1. The van der Waals surface area contributed by atoms with Crippen LogP contribution in [0.25, 0.3) is 0 Å². The first-order valence-electron chi connectivity index (χ1n) is 6.82. The summed E-state index contributed by atoms with van der Waals surface area (Å²) in [5, 5.41) is 12.2. The molecule has 1 N–H and O–H groups in total. The Morgan fingerprint density at radius 3 is 2.62 bits per heavy atom. The molecule has 0 aliphatic rings. The third-order valence-electron chi connectivity index (χ3n) is 3.11. The van der Waals surface area contributed by atoms with Gasteiger partial charge in [-0.2, -0.15) is 0 Å². The van der Waals surface area contributed by atoms with Crippen LogP contribution in [-0.2, 0) is 12.0 Å². The Hall–Kier alpha value is -1.46. The maximum atomic E-state index is 13.9. The van der Waals surface area contributed by atoms with E-state index in [4.69, 9.17) is 4.74 Å². The zero-order chi connectivity index (χ0) is 15.6. The van der Waals surface area contributed by atoms with Crippen molar-refractivity contribution >= 4 is 11.3 Å². The van der Waals surface area contributed by atoms with Crippen LogP contribution in [-0.4, -0.2) is 10.1 Å². The molecule has 0 radical (unpaired) electrons. The summed E-state index contributed by atoms with van der Waals surface area (Å²) in [6, 6.07) is 4.49. The molecule has 1 aromatic carbocycles. The summed E-state index contributed by atoms with van der Waals surface area (Å²) in [4.78, 5) is 4.50. The quantitative estimate of drug-likeness (QED) is 0.920. The SMILES string of the molecule is C[C@H](O)c1ccc(OCc2nc(C(C)(C)C)cs2)c(F)c1. The molecule has 0 fully saturated rings. The van der Waals surface area contributed by atoms with E-state index in [0.29, 0.717) is 5.56 Å². The molecule has 2 aromatic rings. The highest BCUT2D eigenvalue weighted by molar-refractivity contribution is 7.09. The number of halogens is 1. The number of ether oxygens (including phenoxy) is 1. The van der Waals surface area contributed by atoms with Gasteiger partial charge in [0.25, 0.3) is 0 Å². The lowest BCUT2D eigenvalue weighted by molar-refractivity contribution is 0.198. The highest BCUT2D eigenvalue weighted by atomic mass is 32.1. The highest BCUT2D eigenvalue weighted by Crippen LogP contribution is 2.26. The molecule has 5 heteroatoms. The first-order valence-corrected chi connectivity index (χ1v) is 7.70. The molecule has 1 atom stereocenters. The molecule has 0 aliphatic carbocycles. The van der Waals surface area contributed by atoms with Crippen LogP contribution >= 0.6 is 11.3 Å². The molecule has 0 aliphatic heterocycles. The second-order valence-electron chi connectivity index (χ2n) is 6.03. The maximum absolute atomic E-state index is 13.9. The monoisotopic (exact) mass is 309 g/mol. The number of rotatable bonds is 4. The zero-order valence-corrected chi connectivity index (χ0v) is 13.5. The number of aromatic nitrogens is 1. The van der Waals surface area contributed by atoms with E-state index in [0.717, 1.165) is 10.7 Å². The van der Waals surface area contributed by atoms with Gasteiger partial charge in [0.1, 0.15) is 11.6 Å². The topological polar surface area (TPSA) is 42.4 Å². The second-order valence-corrected chi connectivity index (χ2v) is 6.97. The van der Waals surface area contributed by atoms with Gasteiger partial charge in [-0.05, 0) is 24.6 Å². The summed E-state index contributed by atoms with van der Waals surface area (Å²) >= 11 is 1.51. The number of aliphatic hydroxyl groups excluding tert-OH is 1. The van der Waals surface area contributed by atoms with Gasteiger partial charge in [-0.3, -0.25) is 0 Å². The Bertz CT molecular complexity index is 617. The molecule has 0 unspecified atom stereocenters. The summed E-state index contributed by atoms with van der Waals surface area (Å²) in [6.45, 7) is 8.13. The lowest BCUT2D eigenvalue weighted by Crippen LogP contribution is -2.11. The highest BCUT2D eigenvalue weighted by Gasteiger charge is 2.17. The summed E-state index contributed by atoms with van der Waals surface area (Å²) in [5.41, 5.74) is 1.54. The van der Waals surface area contributed by atoms with Crippen molar-refractivity contribution in [3.8, 4) is 5.75 Å². The van der Waals surface area contributed by atoms with E-state index >= 15 is 0 Å². The fraction of sp³-hybridized carbons (Fsp3) is 0.438. The first kappa shape index (κ1) is 15.9. The van der Waals surface area contributed by atoms with Crippen LogP contribution in [0.3, 0.4) is 0 Å². The minimum atomic E-state index is -0.693. The molecule has 0 amide bonds. The maximum Gasteiger partial charge on any atom is 0.165 e. The van der Waals surface area contributed by atoms with Gasteiger partial charge in [-0.25, -0.2) is 9.37 Å². The number of benzene rings is 1. The van der Waals surface area contributed by atoms with Crippen LogP contribution in [0.4, 0.5) is 4.39 Å². The fourth-order valence-corrected chi connectivity index (χ4v) is 2.69. The van der Waals surface area contributed by atoms with E-state index in [-0.39, 0.29) is 17.8 Å². The fourth-order valence-electron chi connectivity index (χ4n) is 1.76. The van der Waals surface area contributed by atoms with E-state index in [9.17, 15) is 9.50 Å². The Morgan fingerprint density at radius 2 is 2.10 bits per heavy atom. The average molecular weight is 309 g/mol. The molecule has 0 saturated carbocycles. The van der Waals surface area contributed by atoms with Crippen molar-refractivity contribution in [1.82, 2.24) is 4.98 Å². The molecule has 0 spiro atoms. The van der Waals surface area contributed by atoms with Gasteiger partial charge in [0.15, 0.2) is 11.6 Å². The summed E-state index contributed by atoms with van der Waals surface area (Å²) in [7, 11) is 0. The third kappa shape index (κ3) is 4.02. The van der Waals surface area contributed by atoms with Gasteiger partial charge in [-0.15, -0.1) is 11.3 Å². The Balaban J connectivity index is 2.05. The van der Waals surface area contributed by atoms with Gasteiger partial charge in [0, 0.05) is 10.8 Å². The molecular weight excluding hydrogens is 289 g/mol. The van der Waals surface area contributed by atoms with Gasteiger partial charge >= 0.3 is 0 Å². The lowest BCUT2D eigenvalue weighted by atomic mass is 9.93. The largest absolute Gasteiger partial charge is 0.483 e. The third-order valence-corrected chi connectivity index (χ3v) is 3.93. The smallest absolute Gasteiger partial charge is 0.165 e. The Labute approximate surface area is 128 Å². The lowest BCUT2D eigenvalue weighted by Gasteiger charge is -2.14. The predicted molar refractivity (Wildman–Crippen MR) is 82.2 cm³/mol. The van der Waals surface area contributed by atoms with Crippen LogP contribution in [0.2, 0.25) is 0 Å². The number of hydrogen-bond acceptors (Lipinski definition) is 4. The molecule has 3 nitrogen and oxygen atoms in total. The van der Waals surface area contributed by atoms with Crippen molar-refractivity contribution in [3.63, 3.8) is 0 Å². The summed E-state index contributed by atoms with van der Waals surface area (Å²) < 4.78 is 19.3. The van der Waals surface area contributed by atoms with Crippen LogP contribution in [0.15, 0.2) is 23.6 Å². The van der Waals surface area contributed by atoms with Crippen LogP contribution < -0.4 is 4.74 Å². The van der Waals surface area contributed by atoms with Gasteiger partial charge in [-0.1, -0.05) is 26.8 Å². The Kier molecular flexibility index (Phi) is 4.64. The molecule has 114 valence electrons. The van der Waals surface area contributed by atoms with E-state index < -0.39 is 11.9 Å². The minimum absolute atomic E-state index is 0.00108. The van der Waals surface area contributed by atoms with Gasteiger partial charge in [0.05, 0.1) is 11.8 Å². The molecular formula is C16H20FNO2S. The molecule has 0 bridgehead atoms. The molecule has 0 saturated heterocycles. The molecule has 1 heterocycles.